The van der Waals surface area contributed by atoms with Crippen LogP contribution >= 0.6 is 11.3 Å². The summed E-state index contributed by atoms with van der Waals surface area (Å²) in [6, 6.07) is 5.20. The van der Waals surface area contributed by atoms with E-state index in [4.69, 9.17) is 11.5 Å². The van der Waals surface area contributed by atoms with Gasteiger partial charge in [-0.3, -0.25) is 4.79 Å². The molecule has 2 rings (SSSR count). The highest BCUT2D eigenvalue weighted by molar-refractivity contribution is 7.18. The molecule has 20 heavy (non-hydrogen) atoms. The van der Waals surface area contributed by atoms with Crippen molar-refractivity contribution in [1.82, 2.24) is 10.2 Å². The van der Waals surface area contributed by atoms with Crippen molar-refractivity contribution in [2.24, 2.45) is 5.73 Å². The molecule has 2 aromatic rings. The van der Waals surface area contributed by atoms with Crippen molar-refractivity contribution >= 4 is 28.1 Å². The van der Waals surface area contributed by atoms with Crippen LogP contribution in [0.15, 0.2) is 18.2 Å². The lowest BCUT2D eigenvalue weighted by molar-refractivity contribution is -0.114. The molecule has 0 saturated heterocycles. The van der Waals surface area contributed by atoms with Gasteiger partial charge in [-0.05, 0) is 30.7 Å². The van der Waals surface area contributed by atoms with Gasteiger partial charge in [-0.2, -0.15) is 0 Å². The summed E-state index contributed by atoms with van der Waals surface area (Å²) in [4.78, 5) is 11.4. The lowest BCUT2D eigenvalue weighted by atomic mass is 10.1. The van der Waals surface area contributed by atoms with Gasteiger partial charge in [0.2, 0.25) is 11.0 Å². The summed E-state index contributed by atoms with van der Waals surface area (Å²) in [7, 11) is 0. The van der Waals surface area contributed by atoms with Crippen LogP contribution in [0.4, 0.5) is 10.8 Å². The van der Waals surface area contributed by atoms with Gasteiger partial charge in [0.15, 0.2) is 0 Å². The standard InChI is InChI=1S/C12H15N5O2S/c1-6(18)7-2-8(11-16-17-12(14)20-11)4-9(3-7)15-10(19)5-13/h2-4,6,18H,5,13H2,1H3,(H2,14,17)(H,15,19). The molecule has 0 saturated carbocycles. The summed E-state index contributed by atoms with van der Waals surface area (Å²) < 4.78 is 0. The van der Waals surface area contributed by atoms with Crippen LogP contribution in [0.25, 0.3) is 10.6 Å². The van der Waals surface area contributed by atoms with Gasteiger partial charge in [-0.1, -0.05) is 11.3 Å². The highest BCUT2D eigenvalue weighted by Crippen LogP contribution is 2.30. The molecule has 1 amide bonds. The quantitative estimate of drug-likeness (QED) is 0.658. The Balaban J connectivity index is 2.43. The van der Waals surface area contributed by atoms with Gasteiger partial charge >= 0.3 is 0 Å². The monoisotopic (exact) mass is 293 g/mol. The number of nitrogens with zero attached hydrogens (tertiary/aromatic N) is 2. The molecule has 0 aliphatic rings. The third kappa shape index (κ3) is 3.29. The lowest BCUT2D eigenvalue weighted by Gasteiger charge is -2.11. The van der Waals surface area contributed by atoms with E-state index < -0.39 is 6.10 Å². The Bertz CT molecular complexity index is 626. The van der Waals surface area contributed by atoms with E-state index >= 15 is 0 Å². The average Bonchev–Trinajstić information content (AvgIpc) is 2.85. The van der Waals surface area contributed by atoms with Gasteiger partial charge in [0.1, 0.15) is 5.01 Å². The number of carbonyl (C=O) groups is 1. The maximum absolute atomic E-state index is 11.4. The van der Waals surface area contributed by atoms with E-state index in [2.05, 4.69) is 15.5 Å². The molecule has 6 N–H and O–H groups in total. The minimum absolute atomic E-state index is 0.111. The number of aliphatic hydroxyl groups excluding tert-OH is 1. The predicted molar refractivity (Wildman–Crippen MR) is 78.1 cm³/mol. The molecule has 1 aromatic carbocycles. The van der Waals surface area contributed by atoms with Gasteiger partial charge in [-0.25, -0.2) is 0 Å². The molecule has 7 nitrogen and oxygen atoms in total. The fraction of sp³-hybridized carbons (Fsp3) is 0.250. The zero-order valence-electron chi connectivity index (χ0n) is 10.8. The molecule has 106 valence electrons. The highest BCUT2D eigenvalue weighted by atomic mass is 32.1. The second-order valence-corrected chi connectivity index (χ2v) is 5.23. The number of rotatable bonds is 4. The van der Waals surface area contributed by atoms with Crippen molar-refractivity contribution < 1.29 is 9.90 Å². The van der Waals surface area contributed by atoms with Crippen LogP contribution in [0.3, 0.4) is 0 Å². The molecule has 0 spiro atoms. The van der Waals surface area contributed by atoms with E-state index in [0.29, 0.717) is 21.4 Å². The molecule has 8 heteroatoms. The fourth-order valence-electron chi connectivity index (χ4n) is 1.65. The van der Waals surface area contributed by atoms with E-state index in [1.54, 1.807) is 25.1 Å². The van der Waals surface area contributed by atoms with Crippen molar-refractivity contribution in [2.75, 3.05) is 17.6 Å². The van der Waals surface area contributed by atoms with Crippen LogP contribution in [-0.4, -0.2) is 27.8 Å². The number of nitrogen functional groups attached to an aromatic ring is 1. The van der Waals surface area contributed by atoms with Crippen molar-refractivity contribution in [1.29, 1.82) is 0 Å². The predicted octanol–water partition coefficient (Wildman–Crippen LogP) is 0.738. The molecule has 1 aromatic heterocycles. The second kappa shape index (κ2) is 5.95. The fourth-order valence-corrected chi connectivity index (χ4v) is 2.25. The Morgan fingerprint density at radius 2 is 2.20 bits per heavy atom. The van der Waals surface area contributed by atoms with Crippen molar-refractivity contribution in [3.05, 3.63) is 23.8 Å². The first-order valence-electron chi connectivity index (χ1n) is 5.92. The van der Waals surface area contributed by atoms with Crippen LogP contribution < -0.4 is 16.8 Å². The van der Waals surface area contributed by atoms with Crippen molar-refractivity contribution in [2.45, 2.75) is 13.0 Å². The SMILES string of the molecule is CC(O)c1cc(NC(=O)CN)cc(-c2nnc(N)s2)c1. The summed E-state index contributed by atoms with van der Waals surface area (Å²) in [5, 5.41) is 21.1. The summed E-state index contributed by atoms with van der Waals surface area (Å²) in [6.07, 6.45) is -0.672. The Morgan fingerprint density at radius 1 is 1.45 bits per heavy atom. The topological polar surface area (TPSA) is 127 Å². The first kappa shape index (κ1) is 14.4. The molecule has 0 aliphatic heterocycles. The summed E-state index contributed by atoms with van der Waals surface area (Å²) >= 11 is 1.23. The van der Waals surface area contributed by atoms with Gasteiger partial charge < -0.3 is 21.9 Å². The van der Waals surface area contributed by atoms with Crippen molar-refractivity contribution in [3.63, 3.8) is 0 Å². The molecule has 0 fully saturated rings. The average molecular weight is 293 g/mol. The van der Waals surface area contributed by atoms with E-state index in [0.717, 1.165) is 5.56 Å². The Morgan fingerprint density at radius 3 is 2.75 bits per heavy atom. The largest absolute Gasteiger partial charge is 0.389 e. The zero-order valence-corrected chi connectivity index (χ0v) is 11.6. The van der Waals surface area contributed by atoms with E-state index in [9.17, 15) is 9.90 Å². The smallest absolute Gasteiger partial charge is 0.238 e. The third-order valence-corrected chi connectivity index (χ3v) is 3.40. The van der Waals surface area contributed by atoms with Gasteiger partial charge in [0.25, 0.3) is 0 Å². The Labute approximate surface area is 119 Å². The Hall–Kier alpha value is -2.03. The number of carbonyl (C=O) groups excluding carboxylic acids is 1. The van der Waals surface area contributed by atoms with Crippen molar-refractivity contribution in [3.8, 4) is 10.6 Å². The molecule has 1 heterocycles. The maximum atomic E-state index is 11.4. The van der Waals surface area contributed by atoms with Crippen LogP contribution in [0.1, 0.15) is 18.6 Å². The van der Waals surface area contributed by atoms with E-state index in [1.807, 2.05) is 0 Å². The third-order valence-electron chi connectivity index (χ3n) is 2.59. The van der Waals surface area contributed by atoms with E-state index in [-0.39, 0.29) is 12.5 Å². The molecule has 0 aliphatic carbocycles. The van der Waals surface area contributed by atoms with Crippen LogP contribution in [0.5, 0.6) is 0 Å². The number of benzene rings is 1. The normalized spacial score (nSPS) is 12.2. The number of amides is 1. The van der Waals surface area contributed by atoms with E-state index in [1.165, 1.54) is 11.3 Å². The zero-order chi connectivity index (χ0) is 14.7. The number of anilines is 2. The lowest BCUT2D eigenvalue weighted by Crippen LogP contribution is -2.21. The summed E-state index contributed by atoms with van der Waals surface area (Å²) in [5.74, 6) is -0.310. The maximum Gasteiger partial charge on any atom is 0.238 e. The number of aliphatic hydroxyl groups is 1. The number of nitrogens with one attached hydrogen (secondary N) is 1. The summed E-state index contributed by atoms with van der Waals surface area (Å²) in [6.45, 7) is 1.53. The van der Waals surface area contributed by atoms with Crippen LogP contribution in [0, 0.1) is 0 Å². The first-order valence-corrected chi connectivity index (χ1v) is 6.73. The number of aromatic nitrogens is 2. The molecule has 1 unspecified atom stereocenters. The first-order chi connectivity index (χ1) is 9.49. The molecular formula is C12H15N5O2S. The van der Waals surface area contributed by atoms with Crippen LogP contribution in [-0.2, 0) is 4.79 Å². The minimum atomic E-state index is -0.672. The Kier molecular flexibility index (Phi) is 4.28. The molecular weight excluding hydrogens is 278 g/mol. The number of hydrogen-bond donors (Lipinski definition) is 4. The molecule has 0 radical (unpaired) electrons. The molecule has 1 atom stereocenters. The number of hydrogen-bond acceptors (Lipinski definition) is 7. The summed E-state index contributed by atoms with van der Waals surface area (Å²) in [5.41, 5.74) is 12.8. The van der Waals surface area contributed by atoms with Gasteiger partial charge in [0, 0.05) is 11.3 Å². The van der Waals surface area contributed by atoms with Crippen LogP contribution in [0.2, 0.25) is 0 Å². The van der Waals surface area contributed by atoms with Gasteiger partial charge in [-0.15, -0.1) is 10.2 Å². The van der Waals surface area contributed by atoms with Gasteiger partial charge in [0.05, 0.1) is 12.6 Å². The highest BCUT2D eigenvalue weighted by Gasteiger charge is 2.11. The minimum Gasteiger partial charge on any atom is -0.389 e. The molecule has 0 bridgehead atoms. The second-order valence-electron chi connectivity index (χ2n) is 4.22. The number of nitrogens with two attached hydrogens (primary N) is 2.